The van der Waals surface area contributed by atoms with Gasteiger partial charge in [0, 0.05) is 5.56 Å². The molecule has 1 aliphatic rings. The SMILES string of the molecule is Fc1ccc(C2=NCCO2)cc1C(F)(F)F. The van der Waals surface area contributed by atoms with Crippen LogP contribution in [0.4, 0.5) is 17.6 Å². The van der Waals surface area contributed by atoms with Crippen LogP contribution in [0.2, 0.25) is 0 Å². The molecule has 2 rings (SSSR count). The second-order valence-corrected chi connectivity index (χ2v) is 3.23. The van der Waals surface area contributed by atoms with Crippen LogP contribution in [0.15, 0.2) is 23.2 Å². The molecule has 2 nitrogen and oxygen atoms in total. The summed E-state index contributed by atoms with van der Waals surface area (Å²) in [6.07, 6.45) is -4.71. The van der Waals surface area contributed by atoms with Gasteiger partial charge < -0.3 is 4.74 Å². The minimum Gasteiger partial charge on any atom is -0.476 e. The number of ether oxygens (including phenoxy) is 1. The average Bonchev–Trinajstić information content (AvgIpc) is 2.69. The Labute approximate surface area is 88.6 Å². The van der Waals surface area contributed by atoms with E-state index in [2.05, 4.69) is 4.99 Å². The molecule has 0 saturated carbocycles. The lowest BCUT2D eigenvalue weighted by atomic mass is 10.1. The number of rotatable bonds is 1. The zero-order valence-corrected chi connectivity index (χ0v) is 8.01. The van der Waals surface area contributed by atoms with Gasteiger partial charge in [-0.05, 0) is 18.2 Å². The largest absolute Gasteiger partial charge is 0.476 e. The molecule has 0 aromatic heterocycles. The van der Waals surface area contributed by atoms with Gasteiger partial charge in [0.2, 0.25) is 5.90 Å². The first kappa shape index (κ1) is 10.9. The Balaban J connectivity index is 2.43. The zero-order chi connectivity index (χ0) is 11.8. The highest BCUT2D eigenvalue weighted by Gasteiger charge is 2.34. The van der Waals surface area contributed by atoms with Gasteiger partial charge in [0.05, 0.1) is 12.1 Å². The zero-order valence-electron chi connectivity index (χ0n) is 8.01. The molecule has 1 aromatic rings. The number of hydrogen-bond acceptors (Lipinski definition) is 2. The Morgan fingerprint density at radius 3 is 2.56 bits per heavy atom. The van der Waals surface area contributed by atoms with Crippen LogP contribution in [0.5, 0.6) is 0 Å². The van der Waals surface area contributed by atoms with Crippen molar-refractivity contribution in [3.05, 3.63) is 35.1 Å². The second-order valence-electron chi connectivity index (χ2n) is 3.23. The molecule has 1 aromatic carbocycles. The number of hydrogen-bond donors (Lipinski definition) is 0. The lowest BCUT2D eigenvalue weighted by Crippen LogP contribution is -2.11. The Bertz CT molecular complexity index is 439. The molecule has 0 atom stereocenters. The highest BCUT2D eigenvalue weighted by atomic mass is 19.4. The van der Waals surface area contributed by atoms with Crippen LogP contribution in [0.25, 0.3) is 0 Å². The lowest BCUT2D eigenvalue weighted by Gasteiger charge is -2.09. The predicted molar refractivity (Wildman–Crippen MR) is 48.8 cm³/mol. The van der Waals surface area contributed by atoms with Crippen molar-refractivity contribution in [1.29, 1.82) is 0 Å². The Hall–Kier alpha value is -1.59. The first-order valence-electron chi connectivity index (χ1n) is 4.53. The van der Waals surface area contributed by atoms with E-state index in [1.807, 2.05) is 0 Å². The summed E-state index contributed by atoms with van der Waals surface area (Å²) in [5.41, 5.74) is -1.16. The summed E-state index contributed by atoms with van der Waals surface area (Å²) in [5.74, 6) is -1.17. The van der Waals surface area contributed by atoms with Crippen LogP contribution in [-0.4, -0.2) is 19.0 Å². The fraction of sp³-hybridized carbons (Fsp3) is 0.300. The summed E-state index contributed by atoms with van der Waals surface area (Å²) < 4.78 is 55.1. The highest BCUT2D eigenvalue weighted by Crippen LogP contribution is 2.32. The maximum atomic E-state index is 13.0. The van der Waals surface area contributed by atoms with Crippen LogP contribution >= 0.6 is 0 Å². The topological polar surface area (TPSA) is 21.6 Å². The fourth-order valence-electron chi connectivity index (χ4n) is 1.39. The molecule has 1 heterocycles. The first-order chi connectivity index (χ1) is 7.48. The molecule has 0 N–H and O–H groups in total. The van der Waals surface area contributed by atoms with E-state index in [1.165, 1.54) is 6.07 Å². The third-order valence-electron chi connectivity index (χ3n) is 2.10. The van der Waals surface area contributed by atoms with Gasteiger partial charge in [-0.2, -0.15) is 13.2 Å². The maximum Gasteiger partial charge on any atom is 0.419 e. The van der Waals surface area contributed by atoms with E-state index in [0.29, 0.717) is 19.2 Å². The van der Waals surface area contributed by atoms with E-state index in [-0.39, 0.29) is 11.5 Å². The van der Waals surface area contributed by atoms with Gasteiger partial charge in [-0.3, -0.25) is 0 Å². The number of alkyl halides is 3. The van der Waals surface area contributed by atoms with Crippen LogP contribution in [0, 0.1) is 5.82 Å². The smallest absolute Gasteiger partial charge is 0.419 e. The lowest BCUT2D eigenvalue weighted by molar-refractivity contribution is -0.140. The van der Waals surface area contributed by atoms with Crippen molar-refractivity contribution in [2.75, 3.05) is 13.2 Å². The minimum absolute atomic E-state index is 0.130. The molecule has 6 heteroatoms. The van der Waals surface area contributed by atoms with Gasteiger partial charge in [-0.25, -0.2) is 9.38 Å². The van der Waals surface area contributed by atoms with Gasteiger partial charge in [0.15, 0.2) is 0 Å². The van der Waals surface area contributed by atoms with Crippen molar-refractivity contribution in [2.24, 2.45) is 4.99 Å². The van der Waals surface area contributed by atoms with Gasteiger partial charge in [-0.1, -0.05) is 0 Å². The summed E-state index contributed by atoms with van der Waals surface area (Å²) >= 11 is 0. The normalized spacial score (nSPS) is 15.9. The van der Waals surface area contributed by atoms with E-state index in [9.17, 15) is 17.6 Å². The fourth-order valence-corrected chi connectivity index (χ4v) is 1.39. The molecule has 0 amide bonds. The van der Waals surface area contributed by atoms with Crippen LogP contribution < -0.4 is 0 Å². The molecule has 16 heavy (non-hydrogen) atoms. The van der Waals surface area contributed by atoms with E-state index >= 15 is 0 Å². The van der Waals surface area contributed by atoms with Gasteiger partial charge in [0.1, 0.15) is 12.4 Å². The molecule has 0 spiro atoms. The molecule has 86 valence electrons. The van der Waals surface area contributed by atoms with Crippen molar-refractivity contribution in [3.8, 4) is 0 Å². The van der Waals surface area contributed by atoms with Crippen molar-refractivity contribution in [1.82, 2.24) is 0 Å². The van der Waals surface area contributed by atoms with Gasteiger partial charge in [-0.15, -0.1) is 0 Å². The van der Waals surface area contributed by atoms with Crippen molar-refractivity contribution < 1.29 is 22.3 Å². The molecule has 0 fully saturated rings. The van der Waals surface area contributed by atoms with Gasteiger partial charge in [0.25, 0.3) is 0 Å². The first-order valence-corrected chi connectivity index (χ1v) is 4.53. The Morgan fingerprint density at radius 2 is 2.00 bits per heavy atom. The Morgan fingerprint density at radius 1 is 1.25 bits per heavy atom. The quantitative estimate of drug-likeness (QED) is 0.683. The molecular weight excluding hydrogens is 226 g/mol. The standard InChI is InChI=1S/C10H7F4NO/c11-8-2-1-6(9-15-3-4-16-9)5-7(8)10(12,13)14/h1-2,5H,3-4H2. The summed E-state index contributed by atoms with van der Waals surface area (Å²) in [6, 6.07) is 2.69. The molecule has 0 saturated heterocycles. The molecule has 0 bridgehead atoms. The van der Waals surface area contributed by atoms with Crippen LogP contribution in [0.1, 0.15) is 11.1 Å². The van der Waals surface area contributed by atoms with Crippen LogP contribution in [0.3, 0.4) is 0 Å². The van der Waals surface area contributed by atoms with Crippen molar-refractivity contribution in [2.45, 2.75) is 6.18 Å². The third-order valence-corrected chi connectivity index (χ3v) is 2.10. The van der Waals surface area contributed by atoms with E-state index < -0.39 is 17.6 Å². The number of halogens is 4. The second kappa shape index (κ2) is 3.77. The molecule has 0 unspecified atom stereocenters. The highest BCUT2D eigenvalue weighted by molar-refractivity contribution is 5.95. The Kier molecular flexibility index (Phi) is 2.57. The minimum atomic E-state index is -4.71. The summed E-state index contributed by atoms with van der Waals surface area (Å²) in [7, 11) is 0. The number of aliphatic imine (C=N–C) groups is 1. The number of benzene rings is 1. The average molecular weight is 233 g/mol. The summed E-state index contributed by atoms with van der Waals surface area (Å²) in [5, 5.41) is 0. The van der Waals surface area contributed by atoms with Crippen molar-refractivity contribution in [3.63, 3.8) is 0 Å². The van der Waals surface area contributed by atoms with E-state index in [4.69, 9.17) is 4.74 Å². The third kappa shape index (κ3) is 2.00. The summed E-state index contributed by atoms with van der Waals surface area (Å²) in [6.45, 7) is 0.752. The van der Waals surface area contributed by atoms with E-state index in [0.717, 1.165) is 6.07 Å². The molecule has 0 radical (unpaired) electrons. The van der Waals surface area contributed by atoms with Crippen LogP contribution in [-0.2, 0) is 10.9 Å². The van der Waals surface area contributed by atoms with E-state index in [1.54, 1.807) is 0 Å². The molecular formula is C10H7F4NO. The number of nitrogens with zero attached hydrogens (tertiary/aromatic N) is 1. The molecule has 0 aliphatic carbocycles. The monoisotopic (exact) mass is 233 g/mol. The van der Waals surface area contributed by atoms with Crippen molar-refractivity contribution >= 4 is 5.90 Å². The predicted octanol–water partition coefficient (Wildman–Crippen LogP) is 2.62. The molecule has 1 aliphatic heterocycles. The van der Waals surface area contributed by atoms with Gasteiger partial charge >= 0.3 is 6.18 Å². The maximum absolute atomic E-state index is 13.0. The summed E-state index contributed by atoms with van der Waals surface area (Å²) in [4.78, 5) is 3.86.